The van der Waals surface area contributed by atoms with Crippen molar-refractivity contribution in [3.63, 3.8) is 0 Å². The maximum atomic E-state index is 11.3. The fraction of sp³-hybridized carbons (Fsp3) is 0.800. The molecule has 0 N–H and O–H groups in total. The van der Waals surface area contributed by atoms with Crippen LogP contribution in [0.4, 0.5) is 4.79 Å². The molecule has 3 heteroatoms. The number of likely N-dealkylation sites (tertiary alicyclic amines) is 1. The molecule has 1 fully saturated rings. The summed E-state index contributed by atoms with van der Waals surface area (Å²) in [5, 5.41) is 0. The molecule has 0 atom stereocenters. The third-order valence-corrected chi connectivity index (χ3v) is 2.18. The lowest BCUT2D eigenvalue weighted by Crippen LogP contribution is -2.28. The van der Waals surface area contributed by atoms with E-state index in [4.69, 9.17) is 4.74 Å². The Labute approximate surface area is 80.1 Å². The summed E-state index contributed by atoms with van der Waals surface area (Å²) in [6, 6.07) is 0. The maximum Gasteiger partial charge on any atom is 0.409 e. The monoisotopic (exact) mass is 184 g/mol. The minimum atomic E-state index is -0.148. The van der Waals surface area contributed by atoms with Crippen LogP contribution in [0.3, 0.4) is 0 Å². The lowest BCUT2D eigenvalue weighted by atomic mass is 10.3. The second-order valence-electron chi connectivity index (χ2n) is 3.34. The lowest BCUT2D eigenvalue weighted by molar-refractivity contribution is 0.109. The second-order valence-corrected chi connectivity index (χ2v) is 3.34. The van der Waals surface area contributed by atoms with Crippen LogP contribution in [0.1, 0.15) is 32.6 Å². The molecule has 1 rings (SSSR count). The molecule has 1 amide bonds. The molecule has 0 aliphatic carbocycles. The molecule has 1 radical (unpaired) electrons. The summed E-state index contributed by atoms with van der Waals surface area (Å²) in [5.74, 6) is 0. The van der Waals surface area contributed by atoms with Gasteiger partial charge < -0.3 is 9.64 Å². The molecule has 1 heterocycles. The van der Waals surface area contributed by atoms with Crippen LogP contribution in [-0.2, 0) is 4.74 Å². The molecule has 1 aliphatic heterocycles. The van der Waals surface area contributed by atoms with Crippen LogP contribution < -0.4 is 0 Å². The number of ether oxygens (including phenoxy) is 1. The van der Waals surface area contributed by atoms with E-state index in [0.717, 1.165) is 38.8 Å². The van der Waals surface area contributed by atoms with Gasteiger partial charge >= 0.3 is 6.09 Å². The average Bonchev–Trinajstić information content (AvgIpc) is 2.65. The van der Waals surface area contributed by atoms with Gasteiger partial charge in [-0.25, -0.2) is 4.79 Å². The molecule has 0 spiro atoms. The molecule has 0 aromatic carbocycles. The highest BCUT2D eigenvalue weighted by atomic mass is 16.6. The molecule has 1 aliphatic rings. The first-order chi connectivity index (χ1) is 6.34. The van der Waals surface area contributed by atoms with Crippen molar-refractivity contribution in [2.45, 2.75) is 32.6 Å². The molecule has 0 unspecified atom stereocenters. The zero-order valence-electron chi connectivity index (χ0n) is 8.29. The topological polar surface area (TPSA) is 29.5 Å². The van der Waals surface area contributed by atoms with Crippen LogP contribution in [0.2, 0.25) is 0 Å². The number of nitrogens with zero attached hydrogens (tertiary/aromatic N) is 1. The molecule has 0 saturated carbocycles. The van der Waals surface area contributed by atoms with Crippen molar-refractivity contribution in [1.29, 1.82) is 0 Å². The number of rotatable bonds is 4. The largest absolute Gasteiger partial charge is 0.449 e. The van der Waals surface area contributed by atoms with Gasteiger partial charge in [0, 0.05) is 13.1 Å². The Balaban J connectivity index is 2.03. The Hall–Kier alpha value is -0.730. The van der Waals surface area contributed by atoms with Gasteiger partial charge in [0.05, 0.1) is 6.61 Å². The fourth-order valence-corrected chi connectivity index (χ4v) is 1.35. The fourth-order valence-electron chi connectivity index (χ4n) is 1.35. The minimum absolute atomic E-state index is 0.148. The van der Waals surface area contributed by atoms with E-state index >= 15 is 0 Å². The van der Waals surface area contributed by atoms with Crippen molar-refractivity contribution >= 4 is 6.09 Å². The number of hydrogen-bond donors (Lipinski definition) is 0. The molecule has 13 heavy (non-hydrogen) atoms. The van der Waals surface area contributed by atoms with Gasteiger partial charge in [-0.15, -0.1) is 0 Å². The number of carbonyl (C=O) groups is 1. The van der Waals surface area contributed by atoms with Crippen LogP contribution in [0.25, 0.3) is 0 Å². The summed E-state index contributed by atoms with van der Waals surface area (Å²) < 4.78 is 5.10. The standard InChI is InChI=1S/C10H18NO2/c1-2-3-6-9-13-10(12)11-7-4-5-8-11/h4H,2-3,5-9H2,1H3. The van der Waals surface area contributed by atoms with Gasteiger partial charge in [0.1, 0.15) is 0 Å². The van der Waals surface area contributed by atoms with Gasteiger partial charge in [-0.3, -0.25) is 0 Å². The molecular weight excluding hydrogens is 166 g/mol. The Bertz CT molecular complexity index is 153. The third kappa shape index (κ3) is 3.66. The predicted octanol–water partition coefficient (Wildman–Crippen LogP) is 2.22. The summed E-state index contributed by atoms with van der Waals surface area (Å²) in [4.78, 5) is 13.0. The van der Waals surface area contributed by atoms with E-state index < -0.39 is 0 Å². The van der Waals surface area contributed by atoms with E-state index in [9.17, 15) is 4.79 Å². The highest BCUT2D eigenvalue weighted by Gasteiger charge is 2.18. The number of hydrogen-bond acceptors (Lipinski definition) is 2. The van der Waals surface area contributed by atoms with E-state index in [-0.39, 0.29) is 6.09 Å². The smallest absolute Gasteiger partial charge is 0.409 e. The van der Waals surface area contributed by atoms with Gasteiger partial charge in [0.15, 0.2) is 0 Å². The number of unbranched alkanes of at least 4 members (excludes halogenated alkanes) is 2. The maximum absolute atomic E-state index is 11.3. The van der Waals surface area contributed by atoms with Crippen LogP contribution in [0.15, 0.2) is 0 Å². The minimum Gasteiger partial charge on any atom is -0.449 e. The molecule has 0 bridgehead atoms. The van der Waals surface area contributed by atoms with E-state index in [0.29, 0.717) is 6.61 Å². The first kappa shape index (κ1) is 10.4. The predicted molar refractivity (Wildman–Crippen MR) is 51.4 cm³/mol. The SMILES string of the molecule is CCCCCOC(=O)N1C[CH]CC1. The highest BCUT2D eigenvalue weighted by molar-refractivity contribution is 5.68. The summed E-state index contributed by atoms with van der Waals surface area (Å²) >= 11 is 0. The summed E-state index contributed by atoms with van der Waals surface area (Å²) in [6.45, 7) is 4.29. The molecule has 75 valence electrons. The van der Waals surface area contributed by atoms with Gasteiger partial charge in [-0.2, -0.15) is 0 Å². The van der Waals surface area contributed by atoms with Gasteiger partial charge in [0.2, 0.25) is 0 Å². The van der Waals surface area contributed by atoms with Crippen LogP contribution in [0.5, 0.6) is 0 Å². The Morgan fingerprint density at radius 2 is 2.38 bits per heavy atom. The van der Waals surface area contributed by atoms with Crippen LogP contribution in [-0.4, -0.2) is 30.7 Å². The summed E-state index contributed by atoms with van der Waals surface area (Å²) in [5.41, 5.74) is 0. The normalized spacial score (nSPS) is 16.2. The lowest BCUT2D eigenvalue weighted by Gasteiger charge is -2.14. The molecule has 3 nitrogen and oxygen atoms in total. The quantitative estimate of drug-likeness (QED) is 0.627. The second kappa shape index (κ2) is 5.84. The van der Waals surface area contributed by atoms with E-state index in [1.54, 1.807) is 4.90 Å². The number of amides is 1. The Morgan fingerprint density at radius 3 is 3.00 bits per heavy atom. The first-order valence-corrected chi connectivity index (χ1v) is 5.08. The van der Waals surface area contributed by atoms with Crippen molar-refractivity contribution in [1.82, 2.24) is 4.90 Å². The molecule has 1 saturated heterocycles. The van der Waals surface area contributed by atoms with E-state index in [1.807, 2.05) is 0 Å². The molecular formula is C10H18NO2. The van der Waals surface area contributed by atoms with Gasteiger partial charge in [-0.1, -0.05) is 19.8 Å². The molecule has 0 aromatic rings. The van der Waals surface area contributed by atoms with E-state index in [2.05, 4.69) is 13.3 Å². The third-order valence-electron chi connectivity index (χ3n) is 2.18. The van der Waals surface area contributed by atoms with Crippen molar-refractivity contribution in [2.75, 3.05) is 19.7 Å². The number of carbonyl (C=O) groups excluding carboxylic acids is 1. The summed E-state index contributed by atoms with van der Waals surface area (Å²) in [6.07, 6.45) is 6.25. The molecule has 0 aromatic heterocycles. The van der Waals surface area contributed by atoms with Crippen LogP contribution >= 0.6 is 0 Å². The van der Waals surface area contributed by atoms with Crippen molar-refractivity contribution in [3.8, 4) is 0 Å². The van der Waals surface area contributed by atoms with Crippen molar-refractivity contribution in [3.05, 3.63) is 6.42 Å². The van der Waals surface area contributed by atoms with Crippen molar-refractivity contribution < 1.29 is 9.53 Å². The zero-order valence-corrected chi connectivity index (χ0v) is 8.29. The van der Waals surface area contributed by atoms with E-state index in [1.165, 1.54) is 0 Å². The highest BCUT2D eigenvalue weighted by Crippen LogP contribution is 2.08. The summed E-state index contributed by atoms with van der Waals surface area (Å²) in [7, 11) is 0. The first-order valence-electron chi connectivity index (χ1n) is 5.08. The van der Waals surface area contributed by atoms with Crippen LogP contribution in [0, 0.1) is 6.42 Å². The van der Waals surface area contributed by atoms with Gasteiger partial charge in [-0.05, 0) is 19.3 Å². The van der Waals surface area contributed by atoms with Gasteiger partial charge in [0.25, 0.3) is 0 Å². The average molecular weight is 184 g/mol. The van der Waals surface area contributed by atoms with Crippen molar-refractivity contribution in [2.24, 2.45) is 0 Å². The Morgan fingerprint density at radius 1 is 1.54 bits per heavy atom. The Kier molecular flexibility index (Phi) is 4.65. The zero-order chi connectivity index (χ0) is 9.52.